The third-order valence-corrected chi connectivity index (χ3v) is 6.80. The van der Waals surface area contributed by atoms with Gasteiger partial charge in [-0.15, -0.1) is 0 Å². The third-order valence-electron chi connectivity index (χ3n) is 5.42. The van der Waals surface area contributed by atoms with Gasteiger partial charge in [0, 0.05) is 37.1 Å². The van der Waals surface area contributed by atoms with Crippen LogP contribution in [0.15, 0.2) is 62.9 Å². The molecule has 1 aliphatic heterocycles. The van der Waals surface area contributed by atoms with Crippen LogP contribution in [0.25, 0.3) is 11.4 Å². The predicted octanol–water partition coefficient (Wildman–Crippen LogP) is 4.09. The van der Waals surface area contributed by atoms with E-state index in [1.165, 1.54) is 24.3 Å². The van der Waals surface area contributed by atoms with Gasteiger partial charge in [0.2, 0.25) is 17.6 Å². The number of nitrogens with one attached hydrogen (secondary N) is 2. The van der Waals surface area contributed by atoms with Crippen LogP contribution in [0.4, 0.5) is 10.1 Å². The van der Waals surface area contributed by atoms with E-state index in [1.54, 1.807) is 24.3 Å². The van der Waals surface area contributed by atoms with Gasteiger partial charge in [-0.25, -0.2) is 12.8 Å². The molecule has 1 amide bonds. The molecule has 1 aromatic heterocycles. The highest BCUT2D eigenvalue weighted by Crippen LogP contribution is 2.19. The molecular formula is C24H26FN5O4S. The van der Waals surface area contributed by atoms with Crippen molar-refractivity contribution in [2.24, 2.45) is 4.99 Å². The zero-order valence-corrected chi connectivity index (χ0v) is 19.9. The number of hydrogen-bond donors (Lipinski definition) is 2. The van der Waals surface area contributed by atoms with Crippen LogP contribution in [0.3, 0.4) is 0 Å². The van der Waals surface area contributed by atoms with Crippen molar-refractivity contribution in [2.45, 2.75) is 49.8 Å². The molecule has 3 aromatic rings. The Hall–Kier alpha value is -3.60. The lowest BCUT2D eigenvalue weighted by atomic mass is 10.2. The summed E-state index contributed by atoms with van der Waals surface area (Å²) in [5.74, 6) is 0.583. The van der Waals surface area contributed by atoms with E-state index in [0.717, 1.165) is 19.3 Å². The molecule has 2 heterocycles. The van der Waals surface area contributed by atoms with E-state index < -0.39 is 10.0 Å². The van der Waals surface area contributed by atoms with Crippen molar-refractivity contribution in [3.05, 3.63) is 60.2 Å². The van der Waals surface area contributed by atoms with E-state index in [9.17, 15) is 17.6 Å². The summed E-state index contributed by atoms with van der Waals surface area (Å²) in [6.07, 6.45) is 4.50. The summed E-state index contributed by atoms with van der Waals surface area (Å²) < 4.78 is 46.3. The lowest BCUT2D eigenvalue weighted by Gasteiger charge is -2.11. The van der Waals surface area contributed by atoms with Crippen molar-refractivity contribution in [3.8, 4) is 11.4 Å². The number of rotatable bonds is 8. The molecule has 2 aromatic carbocycles. The number of aliphatic imine (C=N–C) groups is 1. The second kappa shape index (κ2) is 11.2. The first-order valence-corrected chi connectivity index (χ1v) is 12.9. The molecule has 35 heavy (non-hydrogen) atoms. The van der Waals surface area contributed by atoms with Gasteiger partial charge in [-0.1, -0.05) is 17.6 Å². The number of nitrogens with zero attached hydrogens (tertiary/aromatic N) is 3. The Morgan fingerprint density at radius 3 is 2.74 bits per heavy atom. The van der Waals surface area contributed by atoms with Crippen LogP contribution in [0.2, 0.25) is 0 Å². The molecule has 4 rings (SSSR count). The molecule has 2 N–H and O–H groups in total. The number of halogens is 1. The summed E-state index contributed by atoms with van der Waals surface area (Å²) in [6.45, 7) is 0.616. The number of benzene rings is 2. The first kappa shape index (κ1) is 24.5. The Kier molecular flexibility index (Phi) is 7.86. The Morgan fingerprint density at radius 2 is 1.91 bits per heavy atom. The zero-order chi connectivity index (χ0) is 24.7. The molecule has 0 saturated carbocycles. The molecule has 0 bridgehead atoms. The van der Waals surface area contributed by atoms with E-state index in [-0.39, 0.29) is 23.0 Å². The van der Waals surface area contributed by atoms with Gasteiger partial charge < -0.3 is 9.84 Å². The molecular weight excluding hydrogens is 473 g/mol. The highest BCUT2D eigenvalue weighted by atomic mass is 32.2. The van der Waals surface area contributed by atoms with Crippen LogP contribution < -0.4 is 10.0 Å². The Labute approximate surface area is 202 Å². The van der Waals surface area contributed by atoms with Crippen LogP contribution in [0.5, 0.6) is 0 Å². The van der Waals surface area contributed by atoms with E-state index >= 15 is 0 Å². The molecule has 0 spiro atoms. The van der Waals surface area contributed by atoms with Gasteiger partial charge in [0.05, 0.1) is 4.90 Å². The molecule has 11 heteroatoms. The first-order valence-electron chi connectivity index (χ1n) is 11.4. The summed E-state index contributed by atoms with van der Waals surface area (Å²) in [7, 11) is -3.79. The Bertz CT molecular complexity index is 1310. The maximum Gasteiger partial charge on any atom is 0.262 e. The zero-order valence-electron chi connectivity index (χ0n) is 19.0. The second-order valence-corrected chi connectivity index (χ2v) is 9.88. The van der Waals surface area contributed by atoms with E-state index in [0.29, 0.717) is 54.6 Å². The van der Waals surface area contributed by atoms with Gasteiger partial charge >= 0.3 is 0 Å². The van der Waals surface area contributed by atoms with Crippen LogP contribution >= 0.6 is 0 Å². The van der Waals surface area contributed by atoms with Crippen molar-refractivity contribution in [3.63, 3.8) is 0 Å². The fraction of sp³-hybridized carbons (Fsp3) is 0.333. The van der Waals surface area contributed by atoms with Crippen LogP contribution in [0.1, 0.15) is 44.4 Å². The summed E-state index contributed by atoms with van der Waals surface area (Å²) >= 11 is 0. The minimum absolute atomic E-state index is 0.0569. The molecule has 1 aliphatic rings. The summed E-state index contributed by atoms with van der Waals surface area (Å²) in [4.78, 5) is 21.0. The molecule has 0 atom stereocenters. The van der Waals surface area contributed by atoms with Crippen molar-refractivity contribution >= 4 is 27.5 Å². The SMILES string of the molecule is O=C(CCCc1nc(-c2ccc(F)cc2)no1)Nc1cccc(S(=O)(=O)NC2=NCCCCC2)c1. The number of anilines is 1. The van der Waals surface area contributed by atoms with Gasteiger partial charge in [-0.3, -0.25) is 14.5 Å². The fourth-order valence-electron chi connectivity index (χ4n) is 3.61. The number of amides is 1. The molecule has 0 aliphatic carbocycles. The maximum atomic E-state index is 13.1. The first-order chi connectivity index (χ1) is 16.9. The fourth-order valence-corrected chi connectivity index (χ4v) is 4.74. The molecule has 184 valence electrons. The quantitative estimate of drug-likeness (QED) is 0.481. The topological polar surface area (TPSA) is 127 Å². The molecule has 9 nitrogen and oxygen atoms in total. The number of carbonyl (C=O) groups excluding carboxylic acids is 1. The number of aromatic nitrogens is 2. The number of sulfonamides is 1. The second-order valence-electron chi connectivity index (χ2n) is 8.19. The van der Waals surface area contributed by atoms with E-state index in [1.807, 2.05) is 0 Å². The number of aryl methyl sites for hydroxylation is 1. The van der Waals surface area contributed by atoms with Gasteiger partial charge in [0.1, 0.15) is 11.7 Å². The Balaban J connectivity index is 1.29. The summed E-state index contributed by atoms with van der Waals surface area (Å²) in [5.41, 5.74) is 1.02. The van der Waals surface area contributed by atoms with Gasteiger partial charge in [0.15, 0.2) is 0 Å². The normalized spacial score (nSPS) is 14.1. The Morgan fingerprint density at radius 1 is 1.09 bits per heavy atom. The maximum absolute atomic E-state index is 13.1. The third kappa shape index (κ3) is 6.95. The smallest absolute Gasteiger partial charge is 0.262 e. The van der Waals surface area contributed by atoms with E-state index in [2.05, 4.69) is 25.2 Å². The average molecular weight is 500 g/mol. The minimum atomic E-state index is -3.79. The average Bonchev–Trinajstić information content (AvgIpc) is 3.16. The largest absolute Gasteiger partial charge is 0.339 e. The van der Waals surface area contributed by atoms with Crippen molar-refractivity contribution in [1.82, 2.24) is 14.9 Å². The highest BCUT2D eigenvalue weighted by Gasteiger charge is 2.18. The monoisotopic (exact) mass is 499 g/mol. The lowest BCUT2D eigenvalue weighted by molar-refractivity contribution is -0.116. The highest BCUT2D eigenvalue weighted by molar-refractivity contribution is 7.90. The van der Waals surface area contributed by atoms with Crippen molar-refractivity contribution < 1.29 is 22.1 Å². The van der Waals surface area contributed by atoms with Crippen LogP contribution in [-0.4, -0.2) is 36.8 Å². The van der Waals surface area contributed by atoms with Gasteiger partial charge in [-0.05, 0) is 61.7 Å². The predicted molar refractivity (Wildman–Crippen MR) is 129 cm³/mol. The number of hydrogen-bond acceptors (Lipinski definition) is 7. The van der Waals surface area contributed by atoms with E-state index in [4.69, 9.17) is 4.52 Å². The van der Waals surface area contributed by atoms with Gasteiger partial charge in [0.25, 0.3) is 10.0 Å². The van der Waals surface area contributed by atoms with Crippen molar-refractivity contribution in [1.29, 1.82) is 0 Å². The lowest BCUT2D eigenvalue weighted by Crippen LogP contribution is -2.30. The summed E-state index contributed by atoms with van der Waals surface area (Å²) in [6, 6.07) is 11.9. The molecule has 0 radical (unpaired) electrons. The van der Waals surface area contributed by atoms with Crippen LogP contribution in [-0.2, 0) is 21.2 Å². The molecule has 0 unspecified atom stereocenters. The number of carbonyl (C=O) groups is 1. The summed E-state index contributed by atoms with van der Waals surface area (Å²) in [5, 5.41) is 6.61. The minimum Gasteiger partial charge on any atom is -0.339 e. The van der Waals surface area contributed by atoms with Crippen molar-refractivity contribution in [2.75, 3.05) is 11.9 Å². The molecule has 0 saturated heterocycles. The van der Waals surface area contributed by atoms with Crippen LogP contribution in [0, 0.1) is 5.82 Å². The van der Waals surface area contributed by atoms with Gasteiger partial charge in [-0.2, -0.15) is 4.98 Å². The number of amidine groups is 1. The molecule has 0 fully saturated rings. The standard InChI is InChI=1S/C24H26FN5O4S/c25-18-13-11-17(12-14-18)24-28-23(34-29-24)10-5-9-22(31)27-19-6-4-7-20(16-19)35(32,33)30-21-8-2-1-3-15-26-21/h4,6-7,11-14,16H,1-3,5,8-10,15H2,(H,26,30)(H,27,31).